The van der Waals surface area contributed by atoms with Gasteiger partial charge in [-0.3, -0.25) is 19.2 Å². The molecule has 21 heterocycles. The summed E-state index contributed by atoms with van der Waals surface area (Å²) >= 11 is 1.80. The largest absolute Gasteiger partial charge is 0.481 e. The number of nitrogens with one attached hydrogen (secondary N) is 1. The summed E-state index contributed by atoms with van der Waals surface area (Å²) in [6, 6.07) is -0.738. The number of hydrogen-bond donors (Lipinski definition) is 21. The Kier molecular flexibility index (Phi) is 32.3. The molecule has 0 radical (unpaired) electrons. The highest BCUT2D eigenvalue weighted by Gasteiger charge is 2.60. The number of carbonyl (C=O) groups excluding carboxylic acids is 3. The van der Waals surface area contributed by atoms with Crippen LogP contribution in [-0.4, -0.2) is 436 Å². The van der Waals surface area contributed by atoms with Gasteiger partial charge in [0.2, 0.25) is 0 Å². The molecule has 21 rings (SSSR count). The van der Waals surface area contributed by atoms with Crippen LogP contribution >= 0.6 is 23.5 Å². The molecule has 0 spiro atoms. The van der Waals surface area contributed by atoms with Gasteiger partial charge in [-0.25, -0.2) is 0 Å². The van der Waals surface area contributed by atoms with Crippen LogP contribution in [0.5, 0.6) is 0 Å². The van der Waals surface area contributed by atoms with Crippen molar-refractivity contribution in [3.8, 4) is 0 Å². The van der Waals surface area contributed by atoms with Crippen molar-refractivity contribution in [2.45, 2.75) is 241 Å². The summed E-state index contributed by atoms with van der Waals surface area (Å²) < 4.78 is 93.1. The van der Waals surface area contributed by atoms with Gasteiger partial charge >= 0.3 is 5.97 Å². The smallest absolute Gasteiger partial charge is 0.307 e. The molecule has 0 saturated carbocycles. The molecule has 0 aromatic rings. The fraction of sp³-hybridized carbons (Fsp3) is 0.931. The summed E-state index contributed by atoms with van der Waals surface area (Å²) in [5, 5.41) is 230. The topological polar surface area (TPSA) is 633 Å². The van der Waals surface area contributed by atoms with Gasteiger partial charge in [0.25, 0.3) is 0 Å². The summed E-state index contributed by atoms with van der Waals surface area (Å²) in [5.74, 6) is -5.14. The van der Waals surface area contributed by atoms with Gasteiger partial charge in [-0.1, -0.05) is 0 Å². The van der Waals surface area contributed by atoms with Gasteiger partial charge in [-0.05, 0) is 20.9 Å². The number of carboxylic acids is 1. The van der Waals surface area contributed by atoms with Crippen molar-refractivity contribution in [3.05, 3.63) is 0 Å². The lowest BCUT2D eigenvalue weighted by Gasteiger charge is -2.50. The average Bonchev–Trinajstić information content (AvgIpc) is 0.787. The van der Waals surface area contributed by atoms with E-state index in [0.29, 0.717) is 0 Å². The van der Waals surface area contributed by atoms with E-state index in [1.54, 1.807) is 0 Å². The van der Waals surface area contributed by atoms with Crippen LogP contribution in [0.15, 0.2) is 0 Å². The SMILES string of the molecule is CN[C@H](CSCC1O[C@H]2O[C@@H]3C(CO)O[C@H](O[C@@H]4C(CO)O[C@H](O[C@@H]5C(CO)O[C@@H](O[C@@H]6C(CSC[C@@H](CC(=O)COCCOCC(C)=O)C(=O)O)O[C@H](O[C@@H]7C(CO)O[C@@H](O[C@@H]8C(CO)O[C@@H](O[C@H]1[C@H](O)C2O)C(O)[C@H]8O)C(O)[C@H]7O)C(O)[C@H]6O)C(O)[C@H]5O)C(O)[C@H]4O)C(O)[C@H]3O)C(C)=O. The maximum atomic E-state index is 12.9. The first kappa shape index (κ1) is 84.4. The first-order valence-electron chi connectivity index (χ1n) is 32.5. The van der Waals surface area contributed by atoms with Crippen molar-refractivity contribution < 1.29 is 197 Å². The quantitative estimate of drug-likeness (QED) is 0.0377. The minimum absolute atomic E-state index is 0.0518. The van der Waals surface area contributed by atoms with E-state index in [9.17, 15) is 121 Å². The Bertz CT molecular complexity index is 2580. The maximum absolute atomic E-state index is 12.9. The highest BCUT2D eigenvalue weighted by Crippen LogP contribution is 2.40. The van der Waals surface area contributed by atoms with Crippen molar-refractivity contribution in [2.75, 3.05) is 89.5 Å². The van der Waals surface area contributed by atoms with Gasteiger partial charge < -0.3 is 183 Å². The molecule has 41 nitrogen and oxygen atoms in total. The number of thioether (sulfide) groups is 2. The molecule has 14 unspecified atom stereocenters. The second kappa shape index (κ2) is 38.7. The van der Waals surface area contributed by atoms with Crippen LogP contribution in [0, 0.1) is 5.92 Å². The normalized spacial score (nSPS) is 45.5. The molecule has 43 heteroatoms. The highest BCUT2D eigenvalue weighted by atomic mass is 32.2. The lowest BCUT2D eigenvalue weighted by molar-refractivity contribution is -0.395. The molecule has 21 N–H and O–H groups in total. The summed E-state index contributed by atoms with van der Waals surface area (Å²) in [7, 11) is 1.51. The van der Waals surface area contributed by atoms with Crippen LogP contribution < -0.4 is 5.32 Å². The third-order valence-corrected chi connectivity index (χ3v) is 20.5. The van der Waals surface area contributed by atoms with Gasteiger partial charge in [0, 0.05) is 29.4 Å². The number of rotatable bonds is 25. The lowest BCUT2D eigenvalue weighted by atomic mass is 9.95. The first-order chi connectivity index (χ1) is 48.0. The predicted molar refractivity (Wildman–Crippen MR) is 326 cm³/mol. The number of carboxylic acid groups (broad SMARTS) is 1. The molecule has 0 aromatic carbocycles. The lowest BCUT2D eigenvalue weighted by Crippen LogP contribution is -2.68. The van der Waals surface area contributed by atoms with Crippen molar-refractivity contribution in [1.29, 1.82) is 0 Å². The van der Waals surface area contributed by atoms with Crippen LogP contribution in [0.3, 0.4) is 0 Å². The Morgan fingerprint density at radius 3 is 0.851 bits per heavy atom. The zero-order chi connectivity index (χ0) is 74.0. The summed E-state index contributed by atoms with van der Waals surface area (Å²) in [6.07, 6.45) is -72.5. The molecule has 0 amide bonds. The van der Waals surface area contributed by atoms with Gasteiger partial charge in [-0.2, -0.15) is 23.5 Å². The minimum atomic E-state index is -2.31. The molecule has 101 heavy (non-hydrogen) atoms. The third-order valence-electron chi connectivity index (χ3n) is 18.2. The Balaban J connectivity index is 1.09. The van der Waals surface area contributed by atoms with Crippen LogP contribution in [0.25, 0.3) is 0 Å². The van der Waals surface area contributed by atoms with E-state index in [2.05, 4.69) is 5.32 Å². The van der Waals surface area contributed by atoms with Crippen molar-refractivity contribution >= 4 is 46.8 Å². The standard InChI is InChI=1S/C58H95NO40S2/c1-18(65)12-84-4-5-85-13-21(67)6-20(51(82)83)14-100-16-28-49-35(73)42(80)57(91-28)96-47-26(10-63)87-54(38(76)31(47)69)95-46-25(9-62)90-56(41(79)34(46)72)99-50-29(17-101-15-22(59-3)19(2)66)92-58(43(81)36(50)74)97-48-27(11-64)88-53(39(77)32(48)70)93-44-23(7-60)86-52(37(75)30(44)68)94-45-24(8-61)89-55(98-49)40(78)33(45)71/h20,22-50,52-64,68-81H,4-17H2,1-3H3,(H,82,83)/t20-,22-,23?,24?,25?,26?,27?,28?,29?,30-,31-,32-,33-,34-,35-,36-,37?,38?,39?,40?,41?,42?,43?,44-,45-,46-,47-,48-,49-,50-,52-,53-,54+,55+,56+,57-,58+/m1/s1. The molecule has 0 aromatic heterocycles. The molecular weight excluding hydrogens is 1410 g/mol. The molecule has 21 saturated heterocycles. The van der Waals surface area contributed by atoms with Gasteiger partial charge in [0.15, 0.2) is 55.6 Å². The number of ether oxygens (including phenoxy) is 16. The second-order valence-corrected chi connectivity index (χ2v) is 27.5. The van der Waals surface area contributed by atoms with Crippen molar-refractivity contribution in [1.82, 2.24) is 5.32 Å². The zero-order valence-electron chi connectivity index (χ0n) is 54.7. The number of likely N-dealkylation sites (N-methyl/N-ethyl adjacent to an activating group) is 1. The number of hydrogen-bond acceptors (Lipinski definition) is 42. The van der Waals surface area contributed by atoms with E-state index in [4.69, 9.17) is 75.8 Å². The van der Waals surface area contributed by atoms with Crippen molar-refractivity contribution in [3.63, 3.8) is 0 Å². The van der Waals surface area contributed by atoms with E-state index in [0.717, 1.165) is 23.5 Å². The van der Waals surface area contributed by atoms with Crippen molar-refractivity contribution in [2.24, 2.45) is 5.92 Å². The van der Waals surface area contributed by atoms with Crippen LogP contribution in [0.2, 0.25) is 0 Å². The Morgan fingerprint density at radius 2 is 0.614 bits per heavy atom. The molecule has 21 aliphatic heterocycles. The fourth-order valence-corrected chi connectivity index (χ4v) is 14.9. The monoisotopic (exact) mass is 1510 g/mol. The number of aliphatic carboxylic acids is 1. The first-order valence-corrected chi connectivity index (χ1v) is 34.8. The third kappa shape index (κ3) is 20.2. The number of aliphatic hydroxyl groups excluding tert-OH is 19. The van der Waals surface area contributed by atoms with Crippen LogP contribution in [0.4, 0.5) is 0 Å². The Hall–Kier alpha value is -2.26. The summed E-state index contributed by atoms with van der Waals surface area (Å²) in [6.45, 7) is -3.79. The van der Waals surface area contributed by atoms with Crippen LogP contribution in [-0.2, 0) is 95.0 Å². The minimum Gasteiger partial charge on any atom is -0.481 e. The molecule has 0 aliphatic carbocycles. The number of Topliss-reactive ketones (excluding diaryl/α,β-unsaturated/α-hetero) is 3. The average molecular weight is 1510 g/mol. The molecule has 37 atom stereocenters. The summed E-state index contributed by atoms with van der Waals surface area (Å²) in [5.41, 5.74) is 0. The van der Waals surface area contributed by atoms with E-state index >= 15 is 0 Å². The molecule has 21 aliphatic rings. The van der Waals surface area contributed by atoms with E-state index in [1.807, 2.05) is 0 Å². The van der Waals surface area contributed by atoms with Gasteiger partial charge in [-0.15, -0.1) is 0 Å². The maximum Gasteiger partial charge on any atom is 0.307 e. The summed E-state index contributed by atoms with van der Waals surface area (Å²) in [4.78, 5) is 49.0. The molecule has 21 fully saturated rings. The zero-order valence-corrected chi connectivity index (χ0v) is 56.3. The second-order valence-electron chi connectivity index (χ2n) is 25.4. The van der Waals surface area contributed by atoms with E-state index in [1.165, 1.54) is 20.9 Å². The number of ketones is 3. The Morgan fingerprint density at radius 1 is 0.366 bits per heavy atom. The van der Waals surface area contributed by atoms with Crippen LogP contribution in [0.1, 0.15) is 20.3 Å². The number of aliphatic hydroxyl groups is 19. The van der Waals surface area contributed by atoms with Gasteiger partial charge in [0.1, 0.15) is 178 Å². The molecule has 584 valence electrons. The molecule has 14 bridgehead atoms. The van der Waals surface area contributed by atoms with E-state index < -0.39 is 290 Å². The fourth-order valence-electron chi connectivity index (χ4n) is 12.5. The van der Waals surface area contributed by atoms with Gasteiger partial charge in [0.05, 0.1) is 70.4 Å². The predicted octanol–water partition coefficient (Wildman–Crippen LogP) is -13.3. The molecular formula is C58H95NO40S2. The van der Waals surface area contributed by atoms with E-state index in [-0.39, 0.29) is 48.6 Å². The highest BCUT2D eigenvalue weighted by molar-refractivity contribution is 7.99. The Labute approximate surface area is 584 Å². The number of carbonyl (C=O) groups is 4.